The Hall–Kier alpha value is -1.76. The molecule has 2 aromatic carbocycles. The smallest absolute Gasteiger partial charge is 0.115 e. The molecule has 0 heterocycles. The minimum atomic E-state index is 0.370. The normalized spacial score (nSPS) is 13.1. The predicted molar refractivity (Wildman–Crippen MR) is 65.7 cm³/mol. The summed E-state index contributed by atoms with van der Waals surface area (Å²) >= 11 is 0. The maximum atomic E-state index is 9.49. The molecule has 0 spiro atoms. The molecule has 0 aliphatic heterocycles. The van der Waals surface area contributed by atoms with Crippen molar-refractivity contribution in [2.45, 2.75) is 19.8 Å². The molecule has 3 rings (SSSR count). The van der Waals surface area contributed by atoms with Gasteiger partial charge in [0, 0.05) is 0 Å². The number of benzene rings is 2. The number of hydrogen-bond acceptors (Lipinski definition) is 1. The van der Waals surface area contributed by atoms with Gasteiger partial charge in [-0.1, -0.05) is 24.3 Å². The van der Waals surface area contributed by atoms with Gasteiger partial charge in [-0.15, -0.1) is 0 Å². The number of phenolic OH excluding ortho intramolecular Hbond substituents is 1. The fourth-order valence-corrected chi connectivity index (χ4v) is 2.60. The molecule has 2 aromatic rings. The van der Waals surface area contributed by atoms with Crippen LogP contribution in [0.5, 0.6) is 5.75 Å². The van der Waals surface area contributed by atoms with E-state index >= 15 is 0 Å². The van der Waals surface area contributed by atoms with Crippen molar-refractivity contribution in [3.63, 3.8) is 0 Å². The first-order valence-corrected chi connectivity index (χ1v) is 5.66. The van der Waals surface area contributed by atoms with Crippen molar-refractivity contribution in [1.82, 2.24) is 0 Å². The van der Waals surface area contributed by atoms with Gasteiger partial charge in [-0.2, -0.15) is 0 Å². The Morgan fingerprint density at radius 3 is 2.75 bits per heavy atom. The summed E-state index contributed by atoms with van der Waals surface area (Å²) in [7, 11) is 0. The fraction of sp³-hybridized carbons (Fsp3) is 0.200. The van der Waals surface area contributed by atoms with Crippen LogP contribution in [-0.4, -0.2) is 5.11 Å². The van der Waals surface area contributed by atoms with Crippen LogP contribution in [0.2, 0.25) is 0 Å². The third kappa shape index (κ3) is 1.32. The molecule has 80 valence electrons. The van der Waals surface area contributed by atoms with Gasteiger partial charge in [0.05, 0.1) is 0 Å². The number of hydrogen-bond donors (Lipinski definition) is 1. The zero-order chi connectivity index (χ0) is 11.1. The Balaban J connectivity index is 2.27. The van der Waals surface area contributed by atoms with E-state index in [0.29, 0.717) is 5.75 Å². The number of fused-ring (bicyclic) bond motifs is 3. The highest BCUT2D eigenvalue weighted by Gasteiger charge is 2.17. The van der Waals surface area contributed by atoms with Crippen LogP contribution < -0.4 is 0 Å². The van der Waals surface area contributed by atoms with Crippen molar-refractivity contribution >= 4 is 0 Å². The second-order valence-electron chi connectivity index (χ2n) is 4.44. The number of aryl methyl sites for hydroxylation is 2. The zero-order valence-electron chi connectivity index (χ0n) is 9.33. The fourth-order valence-electron chi connectivity index (χ4n) is 2.60. The first-order chi connectivity index (χ1) is 7.75. The number of aromatic hydroxyl groups is 1. The van der Waals surface area contributed by atoms with E-state index in [1.54, 1.807) is 6.07 Å². The van der Waals surface area contributed by atoms with Gasteiger partial charge < -0.3 is 5.11 Å². The van der Waals surface area contributed by atoms with E-state index in [-0.39, 0.29) is 0 Å². The molecule has 1 aliphatic carbocycles. The van der Waals surface area contributed by atoms with E-state index in [0.717, 1.165) is 12.8 Å². The third-order valence-corrected chi connectivity index (χ3v) is 3.43. The molecule has 0 fully saturated rings. The van der Waals surface area contributed by atoms with Crippen LogP contribution in [0.4, 0.5) is 0 Å². The molecule has 0 bridgehead atoms. The molecule has 16 heavy (non-hydrogen) atoms. The van der Waals surface area contributed by atoms with Crippen molar-refractivity contribution in [2.24, 2.45) is 0 Å². The van der Waals surface area contributed by atoms with Crippen LogP contribution in [0.3, 0.4) is 0 Å². The standard InChI is InChI=1S/C15H14O/c1-10-3-2-4-15-13(10)7-5-11-9-12(16)6-8-14(11)15/h2-4,6,8-9,16H,5,7H2,1H3. The Labute approximate surface area is 95.4 Å². The molecule has 0 amide bonds. The maximum Gasteiger partial charge on any atom is 0.115 e. The van der Waals surface area contributed by atoms with Crippen LogP contribution in [0.1, 0.15) is 16.7 Å². The summed E-state index contributed by atoms with van der Waals surface area (Å²) in [6.45, 7) is 2.17. The van der Waals surface area contributed by atoms with Gasteiger partial charge in [-0.25, -0.2) is 0 Å². The van der Waals surface area contributed by atoms with Crippen LogP contribution >= 0.6 is 0 Å². The first kappa shape index (κ1) is 9.46. The monoisotopic (exact) mass is 210 g/mol. The lowest BCUT2D eigenvalue weighted by molar-refractivity contribution is 0.474. The Morgan fingerprint density at radius 2 is 1.88 bits per heavy atom. The summed E-state index contributed by atoms with van der Waals surface area (Å²) in [5.41, 5.74) is 6.71. The lowest BCUT2D eigenvalue weighted by Crippen LogP contribution is -2.05. The van der Waals surface area contributed by atoms with Gasteiger partial charge in [0.25, 0.3) is 0 Å². The maximum absolute atomic E-state index is 9.49. The molecule has 0 aromatic heterocycles. The van der Waals surface area contributed by atoms with Crippen LogP contribution in [0.25, 0.3) is 11.1 Å². The van der Waals surface area contributed by atoms with E-state index in [1.807, 2.05) is 12.1 Å². The summed E-state index contributed by atoms with van der Waals surface area (Å²) in [6.07, 6.45) is 2.11. The molecule has 1 nitrogen and oxygen atoms in total. The SMILES string of the molecule is Cc1cccc2c1CCc1cc(O)ccc1-2. The summed E-state index contributed by atoms with van der Waals surface area (Å²) in [5, 5.41) is 9.49. The highest BCUT2D eigenvalue weighted by molar-refractivity contribution is 5.74. The van der Waals surface area contributed by atoms with Gasteiger partial charge in [0.2, 0.25) is 0 Å². The summed E-state index contributed by atoms with van der Waals surface area (Å²) in [5.74, 6) is 0.370. The molecule has 0 unspecified atom stereocenters. The zero-order valence-corrected chi connectivity index (χ0v) is 9.33. The number of phenols is 1. The topological polar surface area (TPSA) is 20.2 Å². The van der Waals surface area contributed by atoms with Gasteiger partial charge in [0.15, 0.2) is 0 Å². The van der Waals surface area contributed by atoms with Crippen LogP contribution in [0, 0.1) is 6.92 Å². The molecule has 1 aliphatic rings. The van der Waals surface area contributed by atoms with E-state index in [4.69, 9.17) is 0 Å². The molecular formula is C15H14O. The highest BCUT2D eigenvalue weighted by atomic mass is 16.3. The highest BCUT2D eigenvalue weighted by Crippen LogP contribution is 2.36. The quantitative estimate of drug-likeness (QED) is 0.706. The molecule has 0 atom stereocenters. The minimum Gasteiger partial charge on any atom is -0.508 e. The van der Waals surface area contributed by atoms with E-state index < -0.39 is 0 Å². The van der Waals surface area contributed by atoms with Gasteiger partial charge in [-0.05, 0) is 59.7 Å². The second kappa shape index (κ2) is 3.38. The van der Waals surface area contributed by atoms with Crippen molar-refractivity contribution in [1.29, 1.82) is 0 Å². The van der Waals surface area contributed by atoms with Crippen LogP contribution in [-0.2, 0) is 12.8 Å². The first-order valence-electron chi connectivity index (χ1n) is 5.66. The Bertz CT molecular complexity index is 555. The second-order valence-corrected chi connectivity index (χ2v) is 4.44. The predicted octanol–water partition coefficient (Wildman–Crippen LogP) is 3.47. The third-order valence-electron chi connectivity index (χ3n) is 3.43. The van der Waals surface area contributed by atoms with E-state index in [2.05, 4.69) is 25.1 Å². The summed E-state index contributed by atoms with van der Waals surface area (Å²) in [4.78, 5) is 0. The van der Waals surface area contributed by atoms with Gasteiger partial charge in [0.1, 0.15) is 5.75 Å². The Morgan fingerprint density at radius 1 is 1.00 bits per heavy atom. The molecule has 1 heteroatoms. The number of rotatable bonds is 0. The van der Waals surface area contributed by atoms with Gasteiger partial charge >= 0.3 is 0 Å². The largest absolute Gasteiger partial charge is 0.508 e. The molecule has 1 N–H and O–H groups in total. The molecule has 0 saturated heterocycles. The van der Waals surface area contributed by atoms with Crippen molar-refractivity contribution < 1.29 is 5.11 Å². The van der Waals surface area contributed by atoms with Crippen molar-refractivity contribution in [3.05, 3.63) is 53.1 Å². The van der Waals surface area contributed by atoms with E-state index in [1.165, 1.54) is 27.8 Å². The van der Waals surface area contributed by atoms with E-state index in [9.17, 15) is 5.11 Å². The van der Waals surface area contributed by atoms with Gasteiger partial charge in [-0.3, -0.25) is 0 Å². The Kier molecular flexibility index (Phi) is 2.00. The minimum absolute atomic E-state index is 0.370. The molecular weight excluding hydrogens is 196 g/mol. The van der Waals surface area contributed by atoms with Crippen LogP contribution in [0.15, 0.2) is 36.4 Å². The summed E-state index contributed by atoms with van der Waals surface area (Å²) < 4.78 is 0. The summed E-state index contributed by atoms with van der Waals surface area (Å²) in [6, 6.07) is 12.1. The van der Waals surface area contributed by atoms with Crippen molar-refractivity contribution in [2.75, 3.05) is 0 Å². The van der Waals surface area contributed by atoms with Crippen molar-refractivity contribution in [3.8, 4) is 16.9 Å². The lowest BCUT2D eigenvalue weighted by Gasteiger charge is -2.21. The average molecular weight is 210 g/mol. The lowest BCUT2D eigenvalue weighted by atomic mass is 9.83. The average Bonchev–Trinajstić information content (AvgIpc) is 2.28. The molecule has 0 saturated carbocycles. The molecule has 0 radical (unpaired) electrons.